The van der Waals surface area contributed by atoms with Crippen molar-refractivity contribution in [2.24, 2.45) is 4.99 Å². The first kappa shape index (κ1) is 20.8. The van der Waals surface area contributed by atoms with Gasteiger partial charge in [-0.05, 0) is 38.0 Å². The number of nitrogens with one attached hydrogen (secondary N) is 1. The highest BCUT2D eigenvalue weighted by Crippen LogP contribution is 2.25. The predicted octanol–water partition coefficient (Wildman–Crippen LogP) is 3.97. The summed E-state index contributed by atoms with van der Waals surface area (Å²) in [4.78, 5) is 6.73. The summed E-state index contributed by atoms with van der Waals surface area (Å²) in [5, 5.41) is 3.46. The molecule has 2 aromatic rings. The van der Waals surface area contributed by atoms with Crippen LogP contribution in [0.25, 0.3) is 0 Å². The minimum Gasteiger partial charge on any atom is -0.466 e. The zero-order valence-corrected chi connectivity index (χ0v) is 18.2. The molecule has 1 saturated heterocycles. The summed E-state index contributed by atoms with van der Waals surface area (Å²) >= 11 is 0. The standard InChI is InChI=1S/C20H27N3O2.HI/c1-14-7-5-6-8-18(14)19-13-23(9-10-24-19)20(21-4)22-12-17-11-15(2)25-16(17)3;/h5-8,11,19H,9-10,12-13H2,1-4H3,(H,21,22);1H. The number of morpholine rings is 1. The Bertz CT molecular complexity index is 757. The lowest BCUT2D eigenvalue weighted by Gasteiger charge is -2.35. The number of guanidine groups is 1. The maximum absolute atomic E-state index is 6.02. The number of nitrogens with zero attached hydrogens (tertiary/aromatic N) is 2. The quantitative estimate of drug-likeness (QED) is 0.420. The largest absolute Gasteiger partial charge is 0.466 e. The van der Waals surface area contributed by atoms with Gasteiger partial charge in [0.25, 0.3) is 0 Å². The van der Waals surface area contributed by atoms with Crippen LogP contribution in [-0.4, -0.2) is 37.6 Å². The van der Waals surface area contributed by atoms with Gasteiger partial charge in [-0.1, -0.05) is 24.3 Å². The SMILES string of the molecule is CN=C(NCc1cc(C)oc1C)N1CCOC(c2ccccc2C)C1.I. The molecule has 0 saturated carbocycles. The van der Waals surface area contributed by atoms with E-state index in [1.165, 1.54) is 16.7 Å². The summed E-state index contributed by atoms with van der Waals surface area (Å²) in [6.07, 6.45) is 0.0754. The molecular formula is C20H28IN3O2. The van der Waals surface area contributed by atoms with Gasteiger partial charge in [-0.3, -0.25) is 4.99 Å². The number of ether oxygens (including phenoxy) is 1. The Morgan fingerprint density at radius 3 is 2.69 bits per heavy atom. The van der Waals surface area contributed by atoms with E-state index in [1.54, 1.807) is 0 Å². The monoisotopic (exact) mass is 469 g/mol. The van der Waals surface area contributed by atoms with Gasteiger partial charge >= 0.3 is 0 Å². The van der Waals surface area contributed by atoms with Crippen LogP contribution in [0.4, 0.5) is 0 Å². The molecule has 0 bridgehead atoms. The van der Waals surface area contributed by atoms with Crippen LogP contribution in [0.15, 0.2) is 39.7 Å². The second kappa shape index (κ2) is 9.41. The van der Waals surface area contributed by atoms with Gasteiger partial charge in [0, 0.05) is 25.7 Å². The molecule has 2 heterocycles. The molecule has 0 radical (unpaired) electrons. The molecule has 26 heavy (non-hydrogen) atoms. The van der Waals surface area contributed by atoms with Gasteiger partial charge in [-0.2, -0.15) is 0 Å². The molecule has 5 nitrogen and oxygen atoms in total. The van der Waals surface area contributed by atoms with Crippen LogP contribution < -0.4 is 5.32 Å². The summed E-state index contributed by atoms with van der Waals surface area (Å²) in [7, 11) is 1.83. The highest BCUT2D eigenvalue weighted by Gasteiger charge is 2.25. The summed E-state index contributed by atoms with van der Waals surface area (Å²) in [5.74, 6) is 2.80. The fraction of sp³-hybridized carbons (Fsp3) is 0.450. The normalized spacial score (nSPS) is 17.8. The summed E-state index contributed by atoms with van der Waals surface area (Å²) in [5.41, 5.74) is 3.69. The van der Waals surface area contributed by atoms with Crippen molar-refractivity contribution in [2.75, 3.05) is 26.7 Å². The maximum Gasteiger partial charge on any atom is 0.194 e. The molecule has 1 aliphatic heterocycles. The van der Waals surface area contributed by atoms with Crippen molar-refractivity contribution in [1.82, 2.24) is 10.2 Å². The molecule has 6 heteroatoms. The van der Waals surface area contributed by atoms with Crippen LogP contribution in [0.5, 0.6) is 0 Å². The molecule has 1 aromatic heterocycles. The van der Waals surface area contributed by atoms with Crippen LogP contribution in [-0.2, 0) is 11.3 Å². The van der Waals surface area contributed by atoms with E-state index >= 15 is 0 Å². The molecule has 3 rings (SSSR count). The Labute approximate surface area is 172 Å². The number of benzene rings is 1. The number of aryl methyl sites for hydroxylation is 3. The van der Waals surface area contributed by atoms with Gasteiger partial charge in [-0.15, -0.1) is 24.0 Å². The fourth-order valence-corrected chi connectivity index (χ4v) is 3.34. The lowest BCUT2D eigenvalue weighted by molar-refractivity contribution is -0.00834. The second-order valence-electron chi connectivity index (χ2n) is 6.50. The van der Waals surface area contributed by atoms with Gasteiger partial charge in [-0.25, -0.2) is 0 Å². The molecule has 0 spiro atoms. The maximum atomic E-state index is 6.02. The van der Waals surface area contributed by atoms with Crippen molar-refractivity contribution in [3.8, 4) is 0 Å². The van der Waals surface area contributed by atoms with Gasteiger partial charge in [0.2, 0.25) is 0 Å². The molecule has 1 fully saturated rings. The zero-order chi connectivity index (χ0) is 17.8. The number of hydrogen-bond donors (Lipinski definition) is 1. The van der Waals surface area contributed by atoms with E-state index in [2.05, 4.69) is 52.5 Å². The number of aliphatic imine (C=N–C) groups is 1. The fourth-order valence-electron chi connectivity index (χ4n) is 3.34. The number of rotatable bonds is 3. The molecule has 1 N–H and O–H groups in total. The second-order valence-corrected chi connectivity index (χ2v) is 6.50. The smallest absolute Gasteiger partial charge is 0.194 e. The minimum absolute atomic E-state index is 0. The molecule has 142 valence electrons. The van der Waals surface area contributed by atoms with Crippen molar-refractivity contribution in [1.29, 1.82) is 0 Å². The number of halogens is 1. The first-order valence-electron chi connectivity index (χ1n) is 8.77. The van der Waals surface area contributed by atoms with E-state index in [1.807, 2.05) is 20.9 Å². The predicted molar refractivity (Wildman–Crippen MR) is 115 cm³/mol. The van der Waals surface area contributed by atoms with Gasteiger partial charge < -0.3 is 19.4 Å². The van der Waals surface area contributed by atoms with E-state index in [-0.39, 0.29) is 30.1 Å². The molecule has 1 atom stereocenters. The Balaban J connectivity index is 0.00000243. The van der Waals surface area contributed by atoms with Crippen molar-refractivity contribution >= 4 is 29.9 Å². The van der Waals surface area contributed by atoms with E-state index in [0.29, 0.717) is 13.2 Å². The highest BCUT2D eigenvalue weighted by atomic mass is 127. The van der Waals surface area contributed by atoms with Crippen LogP contribution in [0, 0.1) is 20.8 Å². The van der Waals surface area contributed by atoms with Crippen LogP contribution in [0.2, 0.25) is 0 Å². The third kappa shape index (κ3) is 4.79. The van der Waals surface area contributed by atoms with E-state index in [4.69, 9.17) is 9.15 Å². The Kier molecular flexibility index (Phi) is 7.52. The minimum atomic E-state index is 0. The topological polar surface area (TPSA) is 50.0 Å². The van der Waals surface area contributed by atoms with E-state index in [0.717, 1.165) is 30.6 Å². The highest BCUT2D eigenvalue weighted by molar-refractivity contribution is 14.0. The first-order chi connectivity index (χ1) is 12.1. The van der Waals surface area contributed by atoms with Gasteiger partial charge in [0.1, 0.15) is 17.6 Å². The van der Waals surface area contributed by atoms with Crippen LogP contribution in [0.3, 0.4) is 0 Å². The third-order valence-corrected chi connectivity index (χ3v) is 4.69. The molecule has 0 amide bonds. The van der Waals surface area contributed by atoms with Crippen molar-refractivity contribution < 1.29 is 9.15 Å². The van der Waals surface area contributed by atoms with Crippen molar-refractivity contribution in [2.45, 2.75) is 33.4 Å². The molecule has 1 aliphatic rings. The number of furan rings is 1. The summed E-state index contributed by atoms with van der Waals surface area (Å²) in [6, 6.07) is 10.5. The lowest BCUT2D eigenvalue weighted by Crippen LogP contribution is -2.48. The van der Waals surface area contributed by atoms with E-state index < -0.39 is 0 Å². The number of hydrogen-bond acceptors (Lipinski definition) is 3. The average molecular weight is 469 g/mol. The Hall–Kier alpha value is -1.54. The molecule has 1 aromatic carbocycles. The molecule has 0 aliphatic carbocycles. The Morgan fingerprint density at radius 2 is 2.04 bits per heavy atom. The average Bonchev–Trinajstić information content (AvgIpc) is 2.93. The Morgan fingerprint density at radius 1 is 1.27 bits per heavy atom. The van der Waals surface area contributed by atoms with Crippen LogP contribution >= 0.6 is 24.0 Å². The van der Waals surface area contributed by atoms with E-state index in [9.17, 15) is 0 Å². The van der Waals surface area contributed by atoms with Crippen molar-refractivity contribution in [3.63, 3.8) is 0 Å². The van der Waals surface area contributed by atoms with Crippen molar-refractivity contribution in [3.05, 3.63) is 58.5 Å². The zero-order valence-electron chi connectivity index (χ0n) is 15.9. The summed E-state index contributed by atoms with van der Waals surface area (Å²) in [6.45, 7) is 9.15. The molecule has 1 unspecified atom stereocenters. The first-order valence-corrected chi connectivity index (χ1v) is 8.77. The van der Waals surface area contributed by atoms with Gasteiger partial charge in [0.05, 0.1) is 13.2 Å². The lowest BCUT2D eigenvalue weighted by atomic mass is 10.0. The van der Waals surface area contributed by atoms with Crippen LogP contribution in [0.1, 0.15) is 34.3 Å². The molecular weight excluding hydrogens is 441 g/mol. The van der Waals surface area contributed by atoms with Gasteiger partial charge in [0.15, 0.2) is 5.96 Å². The third-order valence-electron chi connectivity index (χ3n) is 4.69. The summed E-state index contributed by atoms with van der Waals surface area (Å²) < 4.78 is 11.6.